The maximum Gasteiger partial charge on any atom is 0.335 e. The number of aromatic carboxylic acids is 1. The fourth-order valence-electron chi connectivity index (χ4n) is 2.21. The van der Waals surface area contributed by atoms with E-state index in [0.717, 1.165) is 6.07 Å². The van der Waals surface area contributed by atoms with Crippen molar-refractivity contribution < 1.29 is 23.1 Å². The van der Waals surface area contributed by atoms with Gasteiger partial charge in [0.25, 0.3) is 0 Å². The number of carboxylic acids is 1. The number of hydrogen-bond acceptors (Lipinski definition) is 4. The minimum Gasteiger partial charge on any atom is -0.478 e. The number of nitrogens with zero attached hydrogens (tertiary/aromatic N) is 1. The first-order valence-corrected chi connectivity index (χ1v) is 8.23. The SMILES string of the molecule is CC1OCCN(S(=O)(=O)c2cc(C(=O)O)ccc2Cl)C1C. The van der Waals surface area contributed by atoms with E-state index in [9.17, 15) is 13.2 Å². The zero-order chi connectivity index (χ0) is 15.8. The van der Waals surface area contributed by atoms with Crippen LogP contribution in [-0.4, -0.2) is 49.1 Å². The smallest absolute Gasteiger partial charge is 0.335 e. The summed E-state index contributed by atoms with van der Waals surface area (Å²) in [5.74, 6) is -1.20. The van der Waals surface area contributed by atoms with Crippen molar-refractivity contribution in [2.75, 3.05) is 13.2 Å². The van der Waals surface area contributed by atoms with Crippen LogP contribution in [0.3, 0.4) is 0 Å². The highest BCUT2D eigenvalue weighted by Gasteiger charge is 2.36. The van der Waals surface area contributed by atoms with Gasteiger partial charge < -0.3 is 9.84 Å². The van der Waals surface area contributed by atoms with Crippen LogP contribution < -0.4 is 0 Å². The molecule has 1 aliphatic rings. The lowest BCUT2D eigenvalue weighted by molar-refractivity contribution is -0.0232. The molecule has 1 aliphatic heterocycles. The Hall–Kier alpha value is -1.15. The average molecular weight is 334 g/mol. The standard InChI is InChI=1S/C13H16ClNO5S/c1-8-9(2)20-6-5-15(8)21(18,19)12-7-10(13(16)17)3-4-11(12)14/h3-4,7-9H,5-6H2,1-2H3,(H,16,17). The summed E-state index contributed by atoms with van der Waals surface area (Å²) in [6.07, 6.45) is -0.241. The van der Waals surface area contributed by atoms with Crippen LogP contribution in [0.1, 0.15) is 24.2 Å². The van der Waals surface area contributed by atoms with E-state index in [0.29, 0.717) is 6.61 Å². The number of carbonyl (C=O) groups is 1. The maximum atomic E-state index is 12.7. The Morgan fingerprint density at radius 3 is 2.71 bits per heavy atom. The van der Waals surface area contributed by atoms with Crippen LogP contribution in [0.25, 0.3) is 0 Å². The molecule has 1 heterocycles. The molecule has 1 fully saturated rings. The molecular formula is C13H16ClNO5S. The summed E-state index contributed by atoms with van der Waals surface area (Å²) in [5.41, 5.74) is -0.119. The Labute approximate surface area is 128 Å². The summed E-state index contributed by atoms with van der Waals surface area (Å²) in [7, 11) is -3.87. The maximum absolute atomic E-state index is 12.7. The predicted octanol–water partition coefficient (Wildman–Crippen LogP) is 1.84. The summed E-state index contributed by atoms with van der Waals surface area (Å²) in [4.78, 5) is 10.8. The fourth-order valence-corrected chi connectivity index (χ4v) is 4.38. The lowest BCUT2D eigenvalue weighted by Crippen LogP contribution is -2.51. The van der Waals surface area contributed by atoms with Gasteiger partial charge in [0.1, 0.15) is 4.90 Å². The number of morpholine rings is 1. The van der Waals surface area contributed by atoms with E-state index in [1.165, 1.54) is 16.4 Å². The first-order chi connectivity index (χ1) is 9.75. The number of benzene rings is 1. The lowest BCUT2D eigenvalue weighted by atomic mass is 10.2. The molecule has 1 N–H and O–H groups in total. The second-order valence-electron chi connectivity index (χ2n) is 4.88. The van der Waals surface area contributed by atoms with Gasteiger partial charge in [0, 0.05) is 12.6 Å². The molecule has 0 bridgehead atoms. The Morgan fingerprint density at radius 2 is 2.10 bits per heavy atom. The van der Waals surface area contributed by atoms with Crippen molar-refractivity contribution in [1.29, 1.82) is 0 Å². The van der Waals surface area contributed by atoms with Gasteiger partial charge in [-0.3, -0.25) is 0 Å². The number of ether oxygens (including phenoxy) is 1. The van der Waals surface area contributed by atoms with E-state index < -0.39 is 16.0 Å². The minimum atomic E-state index is -3.87. The summed E-state index contributed by atoms with van der Waals surface area (Å²) < 4.78 is 32.2. The third-order valence-electron chi connectivity index (χ3n) is 3.59. The zero-order valence-corrected chi connectivity index (χ0v) is 13.2. The molecule has 1 aromatic carbocycles. The Bertz CT molecular complexity index is 661. The molecule has 2 rings (SSSR count). The van der Waals surface area contributed by atoms with Crippen molar-refractivity contribution in [3.8, 4) is 0 Å². The highest BCUT2D eigenvalue weighted by Crippen LogP contribution is 2.29. The number of carboxylic acid groups (broad SMARTS) is 1. The molecule has 0 radical (unpaired) electrons. The molecule has 2 atom stereocenters. The number of rotatable bonds is 3. The molecule has 1 aromatic rings. The van der Waals surface area contributed by atoms with Gasteiger partial charge in [-0.05, 0) is 32.0 Å². The fraction of sp³-hybridized carbons (Fsp3) is 0.462. The van der Waals surface area contributed by atoms with Gasteiger partial charge in [0.2, 0.25) is 10.0 Å². The molecule has 6 nitrogen and oxygen atoms in total. The van der Waals surface area contributed by atoms with Crippen molar-refractivity contribution >= 4 is 27.6 Å². The van der Waals surface area contributed by atoms with E-state index in [4.69, 9.17) is 21.4 Å². The molecule has 116 valence electrons. The summed E-state index contributed by atoms with van der Waals surface area (Å²) >= 11 is 5.96. The molecule has 0 aliphatic carbocycles. The average Bonchev–Trinajstić information content (AvgIpc) is 2.41. The Kier molecular flexibility index (Phi) is 4.57. The van der Waals surface area contributed by atoms with Crippen LogP contribution in [0.15, 0.2) is 23.1 Å². The van der Waals surface area contributed by atoms with Crippen LogP contribution in [-0.2, 0) is 14.8 Å². The first kappa shape index (κ1) is 16.2. The Morgan fingerprint density at radius 1 is 1.43 bits per heavy atom. The molecule has 0 aromatic heterocycles. The summed E-state index contributed by atoms with van der Waals surface area (Å²) in [6, 6.07) is 3.29. The molecule has 2 unspecified atom stereocenters. The van der Waals surface area contributed by atoms with Gasteiger partial charge in [-0.15, -0.1) is 0 Å². The Balaban J connectivity index is 2.48. The molecule has 0 spiro atoms. The van der Waals surface area contributed by atoms with Crippen LogP contribution in [0.4, 0.5) is 0 Å². The monoisotopic (exact) mass is 333 g/mol. The van der Waals surface area contributed by atoms with Gasteiger partial charge >= 0.3 is 5.97 Å². The van der Waals surface area contributed by atoms with Crippen molar-refractivity contribution in [1.82, 2.24) is 4.31 Å². The number of sulfonamides is 1. The normalized spacial score (nSPS) is 24.0. The largest absolute Gasteiger partial charge is 0.478 e. The second kappa shape index (κ2) is 5.92. The first-order valence-electron chi connectivity index (χ1n) is 6.41. The number of halogens is 1. The topological polar surface area (TPSA) is 83.9 Å². The highest BCUT2D eigenvalue weighted by molar-refractivity contribution is 7.89. The van der Waals surface area contributed by atoms with Gasteiger partial charge in [-0.2, -0.15) is 4.31 Å². The molecule has 1 saturated heterocycles. The molecule has 0 saturated carbocycles. The van der Waals surface area contributed by atoms with E-state index in [2.05, 4.69) is 0 Å². The van der Waals surface area contributed by atoms with E-state index in [1.54, 1.807) is 13.8 Å². The predicted molar refractivity (Wildman–Crippen MR) is 77.2 cm³/mol. The van der Waals surface area contributed by atoms with Crippen molar-refractivity contribution in [2.45, 2.75) is 30.9 Å². The van der Waals surface area contributed by atoms with E-state index in [-0.39, 0.29) is 34.2 Å². The van der Waals surface area contributed by atoms with E-state index >= 15 is 0 Å². The van der Waals surface area contributed by atoms with E-state index in [1.807, 2.05) is 0 Å². The minimum absolute atomic E-state index is 0.00587. The highest BCUT2D eigenvalue weighted by atomic mass is 35.5. The lowest BCUT2D eigenvalue weighted by Gasteiger charge is -2.36. The van der Waals surface area contributed by atoms with Gasteiger partial charge in [-0.1, -0.05) is 11.6 Å². The summed E-state index contributed by atoms with van der Waals surface area (Å²) in [5, 5.41) is 9.00. The number of hydrogen-bond donors (Lipinski definition) is 1. The van der Waals surface area contributed by atoms with Crippen LogP contribution in [0, 0.1) is 0 Å². The molecular weight excluding hydrogens is 318 g/mol. The second-order valence-corrected chi connectivity index (χ2v) is 7.15. The van der Waals surface area contributed by atoms with Crippen LogP contribution in [0.5, 0.6) is 0 Å². The van der Waals surface area contributed by atoms with Crippen LogP contribution >= 0.6 is 11.6 Å². The van der Waals surface area contributed by atoms with Crippen molar-refractivity contribution in [2.24, 2.45) is 0 Å². The van der Waals surface area contributed by atoms with Crippen molar-refractivity contribution in [3.05, 3.63) is 28.8 Å². The quantitative estimate of drug-likeness (QED) is 0.912. The zero-order valence-electron chi connectivity index (χ0n) is 11.6. The molecule has 21 heavy (non-hydrogen) atoms. The van der Waals surface area contributed by atoms with Gasteiger partial charge in [0.05, 0.1) is 23.3 Å². The van der Waals surface area contributed by atoms with Crippen molar-refractivity contribution in [3.63, 3.8) is 0 Å². The summed E-state index contributed by atoms with van der Waals surface area (Å²) in [6.45, 7) is 4.04. The third kappa shape index (κ3) is 3.06. The molecule has 0 amide bonds. The van der Waals surface area contributed by atoms with Gasteiger partial charge in [0.15, 0.2) is 0 Å². The molecule has 8 heteroatoms. The van der Waals surface area contributed by atoms with Crippen LogP contribution in [0.2, 0.25) is 5.02 Å². The van der Waals surface area contributed by atoms with Gasteiger partial charge in [-0.25, -0.2) is 13.2 Å². The third-order valence-corrected chi connectivity index (χ3v) is 6.06.